The average molecular weight is 484 g/mol. The second-order valence-electron chi connectivity index (χ2n) is 6.90. The molecule has 4 rings (SSSR count). The molecular formula is C25H15F3O5S. The van der Waals surface area contributed by atoms with Crippen LogP contribution in [0.25, 0.3) is 31.3 Å². The van der Waals surface area contributed by atoms with E-state index in [0.29, 0.717) is 21.0 Å². The molecule has 0 fully saturated rings. The zero-order valence-electron chi connectivity index (χ0n) is 17.3. The lowest BCUT2D eigenvalue weighted by atomic mass is 10.0. The monoisotopic (exact) mass is 484 g/mol. The number of halogens is 3. The normalized spacial score (nSPS) is 11.3. The van der Waals surface area contributed by atoms with Gasteiger partial charge in [-0.2, -0.15) is 0 Å². The van der Waals surface area contributed by atoms with Crippen LogP contribution in [-0.4, -0.2) is 18.3 Å². The van der Waals surface area contributed by atoms with Crippen LogP contribution in [0.4, 0.5) is 13.2 Å². The standard InChI is InChI=1S/C25H15F3O5S/c1-3-21(29)31-15-7-5-14(6-8-15)17-11-12-19-18-10-9-16(32-22(30)4-2)13-20(18)34-24(19)23(17)33-25(26,27)28/h3-13H,1-2H2. The van der Waals surface area contributed by atoms with E-state index in [-0.39, 0.29) is 27.5 Å². The molecular weight excluding hydrogens is 469 g/mol. The van der Waals surface area contributed by atoms with E-state index in [1.807, 2.05) is 0 Å². The predicted octanol–water partition coefficient (Wildman–Crippen LogP) is 6.80. The Labute approximate surface area is 195 Å². The van der Waals surface area contributed by atoms with E-state index in [4.69, 9.17) is 9.47 Å². The second kappa shape index (κ2) is 9.03. The van der Waals surface area contributed by atoms with Gasteiger partial charge in [-0.1, -0.05) is 31.4 Å². The number of benzene rings is 3. The lowest BCUT2D eigenvalue weighted by Crippen LogP contribution is -2.17. The molecule has 0 aliphatic carbocycles. The van der Waals surface area contributed by atoms with Gasteiger partial charge in [0.1, 0.15) is 11.5 Å². The summed E-state index contributed by atoms with van der Waals surface area (Å²) in [7, 11) is 0. The summed E-state index contributed by atoms with van der Waals surface area (Å²) in [6.07, 6.45) is -2.91. The highest BCUT2D eigenvalue weighted by Gasteiger charge is 2.34. The van der Waals surface area contributed by atoms with Crippen molar-refractivity contribution < 1.29 is 37.0 Å². The Bertz CT molecular complexity index is 1440. The number of ether oxygens (including phenoxy) is 3. The molecule has 9 heteroatoms. The summed E-state index contributed by atoms with van der Waals surface area (Å²) in [5.74, 6) is -1.19. The van der Waals surface area contributed by atoms with Crippen molar-refractivity contribution in [1.29, 1.82) is 0 Å². The maximum atomic E-state index is 13.4. The van der Waals surface area contributed by atoms with E-state index in [0.717, 1.165) is 23.5 Å². The SMILES string of the molecule is C=CC(=O)Oc1ccc(-c2ccc3c(sc4cc(OC(=O)C=C)ccc43)c2OC(F)(F)F)cc1. The minimum absolute atomic E-state index is 0.205. The van der Waals surface area contributed by atoms with E-state index < -0.39 is 18.3 Å². The van der Waals surface area contributed by atoms with Gasteiger partial charge in [-0.25, -0.2) is 9.59 Å². The second-order valence-corrected chi connectivity index (χ2v) is 7.95. The van der Waals surface area contributed by atoms with Gasteiger partial charge in [0.25, 0.3) is 0 Å². The summed E-state index contributed by atoms with van der Waals surface area (Å²) in [5, 5.41) is 1.24. The lowest BCUT2D eigenvalue weighted by molar-refractivity contribution is -0.273. The maximum absolute atomic E-state index is 13.4. The van der Waals surface area contributed by atoms with Gasteiger partial charge in [0.05, 0.1) is 4.70 Å². The van der Waals surface area contributed by atoms with Crippen LogP contribution < -0.4 is 14.2 Å². The molecule has 0 amide bonds. The number of esters is 2. The number of fused-ring (bicyclic) bond motifs is 3. The molecule has 0 aliphatic rings. The van der Waals surface area contributed by atoms with E-state index in [1.54, 1.807) is 24.3 Å². The van der Waals surface area contributed by atoms with Crippen molar-refractivity contribution in [2.75, 3.05) is 0 Å². The molecule has 4 aromatic rings. The maximum Gasteiger partial charge on any atom is 0.573 e. The molecule has 0 saturated heterocycles. The number of rotatable bonds is 6. The average Bonchev–Trinajstić information content (AvgIpc) is 3.17. The van der Waals surface area contributed by atoms with Crippen LogP contribution >= 0.6 is 11.3 Å². The summed E-state index contributed by atoms with van der Waals surface area (Å²) in [6, 6.07) is 14.0. The topological polar surface area (TPSA) is 61.8 Å². The minimum Gasteiger partial charge on any atom is -0.423 e. The molecule has 0 unspecified atom stereocenters. The van der Waals surface area contributed by atoms with Crippen LogP contribution in [0.2, 0.25) is 0 Å². The fourth-order valence-electron chi connectivity index (χ4n) is 3.32. The van der Waals surface area contributed by atoms with Gasteiger partial charge in [-0.15, -0.1) is 24.5 Å². The quantitative estimate of drug-likeness (QED) is 0.171. The summed E-state index contributed by atoms with van der Waals surface area (Å²) < 4.78 is 55.6. The van der Waals surface area contributed by atoms with Gasteiger partial charge in [-0.05, 0) is 42.0 Å². The Morgan fingerprint density at radius 1 is 0.824 bits per heavy atom. The highest BCUT2D eigenvalue weighted by molar-refractivity contribution is 7.26. The van der Waals surface area contributed by atoms with Crippen molar-refractivity contribution in [3.63, 3.8) is 0 Å². The third kappa shape index (κ3) is 4.79. The molecule has 34 heavy (non-hydrogen) atoms. The van der Waals surface area contributed by atoms with E-state index in [9.17, 15) is 22.8 Å². The van der Waals surface area contributed by atoms with Crippen LogP contribution in [0.1, 0.15) is 0 Å². The highest BCUT2D eigenvalue weighted by Crippen LogP contribution is 2.46. The Kier molecular flexibility index (Phi) is 6.12. The first-order chi connectivity index (χ1) is 16.2. The molecule has 0 spiro atoms. The Morgan fingerprint density at radius 3 is 2.03 bits per heavy atom. The minimum atomic E-state index is -4.93. The first-order valence-corrected chi connectivity index (χ1v) is 10.5. The van der Waals surface area contributed by atoms with Crippen molar-refractivity contribution in [2.45, 2.75) is 6.36 Å². The number of alkyl halides is 3. The third-order valence-electron chi connectivity index (χ3n) is 4.72. The van der Waals surface area contributed by atoms with Crippen LogP contribution in [0.15, 0.2) is 79.9 Å². The van der Waals surface area contributed by atoms with Gasteiger partial charge < -0.3 is 14.2 Å². The molecule has 5 nitrogen and oxygen atoms in total. The third-order valence-corrected chi connectivity index (χ3v) is 5.89. The number of hydrogen-bond acceptors (Lipinski definition) is 6. The molecule has 3 aromatic carbocycles. The number of hydrogen-bond donors (Lipinski definition) is 0. The van der Waals surface area contributed by atoms with E-state index >= 15 is 0 Å². The van der Waals surface area contributed by atoms with Gasteiger partial charge in [0, 0.05) is 33.2 Å². The molecule has 0 radical (unpaired) electrons. The van der Waals surface area contributed by atoms with E-state index in [2.05, 4.69) is 17.9 Å². The van der Waals surface area contributed by atoms with Gasteiger partial charge in [0.15, 0.2) is 5.75 Å². The van der Waals surface area contributed by atoms with Gasteiger partial charge in [0.2, 0.25) is 0 Å². The van der Waals surface area contributed by atoms with Crippen molar-refractivity contribution in [3.8, 4) is 28.4 Å². The lowest BCUT2D eigenvalue weighted by Gasteiger charge is -2.15. The predicted molar refractivity (Wildman–Crippen MR) is 123 cm³/mol. The molecule has 0 atom stereocenters. The van der Waals surface area contributed by atoms with Crippen LogP contribution in [0.5, 0.6) is 17.2 Å². The molecule has 172 valence electrons. The van der Waals surface area contributed by atoms with Gasteiger partial charge >= 0.3 is 18.3 Å². The molecule has 0 N–H and O–H groups in total. The summed E-state index contributed by atoms with van der Waals surface area (Å²) in [4.78, 5) is 22.9. The number of carbonyl (C=O) groups is 2. The zero-order valence-corrected chi connectivity index (χ0v) is 18.2. The molecule has 0 bridgehead atoms. The summed E-state index contributed by atoms with van der Waals surface area (Å²) >= 11 is 1.08. The Balaban J connectivity index is 1.84. The van der Waals surface area contributed by atoms with E-state index in [1.165, 1.54) is 30.3 Å². The smallest absolute Gasteiger partial charge is 0.423 e. The Morgan fingerprint density at radius 2 is 1.41 bits per heavy atom. The zero-order chi connectivity index (χ0) is 24.5. The Hall–Kier alpha value is -4.11. The van der Waals surface area contributed by atoms with Crippen molar-refractivity contribution >= 4 is 43.4 Å². The summed E-state index contributed by atoms with van der Waals surface area (Å²) in [5.41, 5.74) is 0.633. The number of thiophene rings is 1. The highest BCUT2D eigenvalue weighted by atomic mass is 32.1. The molecule has 0 aliphatic heterocycles. The largest absolute Gasteiger partial charge is 0.573 e. The van der Waals surface area contributed by atoms with Crippen LogP contribution in [-0.2, 0) is 9.59 Å². The van der Waals surface area contributed by atoms with Crippen molar-refractivity contribution in [3.05, 3.63) is 79.9 Å². The molecule has 1 heterocycles. The first-order valence-electron chi connectivity index (χ1n) is 9.72. The van der Waals surface area contributed by atoms with Crippen LogP contribution in [0, 0.1) is 0 Å². The fraction of sp³-hybridized carbons (Fsp3) is 0.0400. The van der Waals surface area contributed by atoms with Gasteiger partial charge in [-0.3, -0.25) is 0 Å². The molecule has 1 aromatic heterocycles. The van der Waals surface area contributed by atoms with Crippen molar-refractivity contribution in [1.82, 2.24) is 0 Å². The molecule has 0 saturated carbocycles. The number of carbonyl (C=O) groups excluding carboxylic acids is 2. The first kappa shape index (κ1) is 23.1. The fourth-order valence-corrected chi connectivity index (χ4v) is 4.54. The van der Waals surface area contributed by atoms with Crippen LogP contribution in [0.3, 0.4) is 0 Å². The summed E-state index contributed by atoms with van der Waals surface area (Å²) in [6.45, 7) is 6.65. The van der Waals surface area contributed by atoms with Crippen molar-refractivity contribution in [2.24, 2.45) is 0 Å².